The number of carbonyl (C=O) groups excluding carboxylic acids is 1. The lowest BCUT2D eigenvalue weighted by atomic mass is 10.2. The molecule has 0 saturated carbocycles. The van der Waals surface area contributed by atoms with Crippen molar-refractivity contribution in [2.45, 2.75) is 24.8 Å². The first-order valence-corrected chi connectivity index (χ1v) is 11.1. The number of fused-ring (bicyclic) bond motifs is 1. The molecule has 5 nitrogen and oxygen atoms in total. The van der Waals surface area contributed by atoms with Gasteiger partial charge in [-0.2, -0.15) is 0 Å². The molecule has 2 aromatic carbocycles. The van der Waals surface area contributed by atoms with E-state index in [0.717, 1.165) is 21.5 Å². The molecule has 0 aliphatic carbocycles. The second kappa shape index (κ2) is 7.62. The van der Waals surface area contributed by atoms with E-state index in [9.17, 15) is 13.2 Å². The van der Waals surface area contributed by atoms with Gasteiger partial charge in [0.25, 0.3) is 5.91 Å². The number of anilines is 1. The highest BCUT2D eigenvalue weighted by Crippen LogP contribution is 2.24. The van der Waals surface area contributed by atoms with Gasteiger partial charge in [-0.05, 0) is 56.3 Å². The largest absolute Gasteiger partial charge is 0.306 e. The first kappa shape index (κ1) is 19.3. The molecule has 3 rings (SSSR count). The number of rotatable bonds is 5. The van der Waals surface area contributed by atoms with Crippen LogP contribution in [0.3, 0.4) is 0 Å². The smallest absolute Gasteiger partial charge is 0.251 e. The Balaban J connectivity index is 1.84. The van der Waals surface area contributed by atoms with E-state index in [0.29, 0.717) is 5.69 Å². The molecule has 7 heteroatoms. The van der Waals surface area contributed by atoms with Crippen LogP contribution in [0.4, 0.5) is 5.69 Å². The zero-order valence-corrected chi connectivity index (χ0v) is 16.9. The number of aromatic nitrogens is 1. The fourth-order valence-corrected chi connectivity index (χ4v) is 4.22. The normalized spacial score (nSPS) is 12.1. The number of hydrogen-bond donors (Lipinski definition) is 0. The summed E-state index contributed by atoms with van der Waals surface area (Å²) in [5.74, 6) is -0.184. The lowest BCUT2D eigenvalue weighted by Crippen LogP contribution is -2.35. The fraction of sp³-hybridized carbons (Fsp3) is 0.200. The Morgan fingerprint density at radius 1 is 1.11 bits per heavy atom. The van der Waals surface area contributed by atoms with Gasteiger partial charge in [0.05, 0.1) is 15.1 Å². The summed E-state index contributed by atoms with van der Waals surface area (Å²) in [5.41, 5.74) is 1.56. The maximum absolute atomic E-state index is 12.8. The average molecular weight is 401 g/mol. The van der Waals surface area contributed by atoms with Crippen LogP contribution in [0, 0.1) is 0 Å². The topological polar surface area (TPSA) is 67.3 Å². The third-order valence-corrected chi connectivity index (χ3v) is 6.11. The molecule has 0 radical (unpaired) electrons. The van der Waals surface area contributed by atoms with Crippen LogP contribution in [0.1, 0.15) is 18.9 Å². The summed E-state index contributed by atoms with van der Waals surface area (Å²) >= 11 is 1.52. The molecule has 0 atom stereocenters. The predicted molar refractivity (Wildman–Crippen MR) is 111 cm³/mol. The lowest BCUT2D eigenvalue weighted by Gasteiger charge is -2.25. The predicted octanol–water partition coefficient (Wildman–Crippen LogP) is 4.15. The molecule has 0 aliphatic rings. The van der Waals surface area contributed by atoms with Gasteiger partial charge < -0.3 is 4.90 Å². The maximum atomic E-state index is 12.8. The monoisotopic (exact) mass is 400 g/mol. The SMILES string of the molecule is CC(C)N(C(=O)/C=C/c1nc2ccccc2s1)c1ccc(S(C)(=O)=O)cc1. The highest BCUT2D eigenvalue weighted by molar-refractivity contribution is 7.90. The summed E-state index contributed by atoms with van der Waals surface area (Å²) in [7, 11) is -3.27. The van der Waals surface area contributed by atoms with Gasteiger partial charge in [0.2, 0.25) is 0 Å². The Morgan fingerprint density at radius 2 is 1.78 bits per heavy atom. The van der Waals surface area contributed by atoms with E-state index in [1.165, 1.54) is 29.5 Å². The second-order valence-electron chi connectivity index (χ2n) is 6.42. The van der Waals surface area contributed by atoms with E-state index >= 15 is 0 Å². The summed E-state index contributed by atoms with van der Waals surface area (Å²) in [4.78, 5) is 19.1. The van der Waals surface area contributed by atoms with Crippen molar-refractivity contribution in [2.75, 3.05) is 11.2 Å². The molecule has 3 aromatic rings. The van der Waals surface area contributed by atoms with Crippen LogP contribution < -0.4 is 4.90 Å². The molecule has 1 heterocycles. The average Bonchev–Trinajstić information content (AvgIpc) is 3.02. The van der Waals surface area contributed by atoms with Crippen molar-refractivity contribution in [2.24, 2.45) is 0 Å². The van der Waals surface area contributed by atoms with Gasteiger partial charge in [0, 0.05) is 24.1 Å². The lowest BCUT2D eigenvalue weighted by molar-refractivity contribution is -0.114. The van der Waals surface area contributed by atoms with Crippen LogP contribution in [-0.2, 0) is 14.6 Å². The number of sulfone groups is 1. The number of para-hydroxylation sites is 1. The third kappa shape index (κ3) is 4.43. The highest BCUT2D eigenvalue weighted by atomic mass is 32.2. The van der Waals surface area contributed by atoms with Crippen molar-refractivity contribution in [1.29, 1.82) is 0 Å². The Hall–Kier alpha value is -2.51. The summed E-state index contributed by atoms with van der Waals surface area (Å²) < 4.78 is 24.3. The highest BCUT2D eigenvalue weighted by Gasteiger charge is 2.18. The van der Waals surface area contributed by atoms with Gasteiger partial charge in [-0.25, -0.2) is 13.4 Å². The van der Waals surface area contributed by atoms with E-state index < -0.39 is 9.84 Å². The van der Waals surface area contributed by atoms with Crippen molar-refractivity contribution in [1.82, 2.24) is 4.98 Å². The van der Waals surface area contributed by atoms with E-state index in [-0.39, 0.29) is 16.8 Å². The first-order valence-electron chi connectivity index (χ1n) is 8.42. The molecule has 1 amide bonds. The number of amides is 1. The van der Waals surface area contributed by atoms with Crippen LogP contribution in [-0.4, -0.2) is 31.6 Å². The first-order chi connectivity index (χ1) is 12.8. The Labute approximate surface area is 162 Å². The van der Waals surface area contributed by atoms with Gasteiger partial charge in [0.15, 0.2) is 9.84 Å². The molecule has 0 saturated heterocycles. The molecule has 0 fully saturated rings. The summed E-state index contributed by atoms with van der Waals surface area (Å²) in [6, 6.07) is 14.1. The van der Waals surface area contributed by atoms with E-state index in [1.54, 1.807) is 23.1 Å². The van der Waals surface area contributed by atoms with Gasteiger partial charge in [-0.3, -0.25) is 4.79 Å². The van der Waals surface area contributed by atoms with Crippen molar-refractivity contribution >= 4 is 49.1 Å². The molecule has 140 valence electrons. The van der Waals surface area contributed by atoms with Crippen LogP contribution in [0.25, 0.3) is 16.3 Å². The van der Waals surface area contributed by atoms with E-state index in [2.05, 4.69) is 4.98 Å². The van der Waals surface area contributed by atoms with Gasteiger partial charge in [-0.1, -0.05) is 12.1 Å². The Bertz CT molecular complexity index is 1060. The fourth-order valence-electron chi connectivity index (χ4n) is 2.72. The summed E-state index contributed by atoms with van der Waals surface area (Å²) in [6.07, 6.45) is 4.38. The Kier molecular flexibility index (Phi) is 5.43. The summed E-state index contributed by atoms with van der Waals surface area (Å²) in [5, 5.41) is 0.765. The third-order valence-electron chi connectivity index (χ3n) is 3.98. The quantitative estimate of drug-likeness (QED) is 0.603. The number of carbonyl (C=O) groups is 1. The van der Waals surface area contributed by atoms with E-state index in [1.807, 2.05) is 38.1 Å². The molecule has 0 bridgehead atoms. The van der Waals surface area contributed by atoms with Crippen molar-refractivity contribution in [3.8, 4) is 0 Å². The number of hydrogen-bond acceptors (Lipinski definition) is 5. The van der Waals surface area contributed by atoms with Crippen LogP contribution in [0.5, 0.6) is 0 Å². The molecule has 0 spiro atoms. The van der Waals surface area contributed by atoms with E-state index in [4.69, 9.17) is 0 Å². The van der Waals surface area contributed by atoms with Crippen LogP contribution >= 0.6 is 11.3 Å². The minimum absolute atomic E-state index is 0.0819. The molecular weight excluding hydrogens is 380 g/mol. The second-order valence-corrected chi connectivity index (χ2v) is 9.50. The zero-order valence-electron chi connectivity index (χ0n) is 15.3. The van der Waals surface area contributed by atoms with Gasteiger partial charge >= 0.3 is 0 Å². The summed E-state index contributed by atoms with van der Waals surface area (Å²) in [6.45, 7) is 3.82. The van der Waals surface area contributed by atoms with Crippen molar-refractivity contribution in [3.63, 3.8) is 0 Å². The van der Waals surface area contributed by atoms with Crippen LogP contribution in [0.2, 0.25) is 0 Å². The van der Waals surface area contributed by atoms with Gasteiger partial charge in [-0.15, -0.1) is 11.3 Å². The van der Waals surface area contributed by atoms with Crippen molar-refractivity contribution in [3.05, 3.63) is 59.6 Å². The molecule has 1 aromatic heterocycles. The molecule has 0 unspecified atom stereocenters. The molecule has 0 N–H and O–H groups in total. The minimum atomic E-state index is -3.27. The number of thiazole rings is 1. The maximum Gasteiger partial charge on any atom is 0.251 e. The van der Waals surface area contributed by atoms with Gasteiger partial charge in [0.1, 0.15) is 5.01 Å². The molecule has 0 aliphatic heterocycles. The molecule has 27 heavy (non-hydrogen) atoms. The Morgan fingerprint density at radius 3 is 2.37 bits per heavy atom. The number of benzene rings is 2. The number of nitrogens with zero attached hydrogens (tertiary/aromatic N) is 2. The van der Waals surface area contributed by atoms with Crippen molar-refractivity contribution < 1.29 is 13.2 Å². The minimum Gasteiger partial charge on any atom is -0.306 e. The molecular formula is C20H20N2O3S2. The standard InChI is InChI=1S/C20H20N2O3S2/c1-14(2)22(15-8-10-16(11-9-15)27(3,24)25)20(23)13-12-19-21-17-6-4-5-7-18(17)26-19/h4-14H,1-3H3/b13-12+. The van der Waals surface area contributed by atoms with Crippen LogP contribution in [0.15, 0.2) is 59.5 Å². The zero-order chi connectivity index (χ0) is 19.6.